The minimum atomic E-state index is -4.14. The van der Waals surface area contributed by atoms with Crippen LogP contribution in [0.15, 0.2) is 65.6 Å². The van der Waals surface area contributed by atoms with Gasteiger partial charge in [0.15, 0.2) is 11.5 Å². The number of rotatable bonds is 11. The van der Waals surface area contributed by atoms with Crippen LogP contribution < -0.4 is 23.8 Å². The fourth-order valence-electron chi connectivity index (χ4n) is 4.66. The molecule has 0 heterocycles. The fourth-order valence-corrected chi connectivity index (χ4v) is 6.09. The van der Waals surface area contributed by atoms with Gasteiger partial charge in [-0.1, -0.05) is 18.2 Å². The summed E-state index contributed by atoms with van der Waals surface area (Å²) in [5.74, 6) is 0.861. The molecule has 38 heavy (non-hydrogen) atoms. The molecule has 202 valence electrons. The number of hydrogen-bond donors (Lipinski definition) is 1. The van der Waals surface area contributed by atoms with Crippen LogP contribution in [0.3, 0.4) is 0 Å². The Morgan fingerprint density at radius 2 is 1.66 bits per heavy atom. The van der Waals surface area contributed by atoms with E-state index in [9.17, 15) is 13.2 Å². The molecule has 0 spiro atoms. The molecule has 1 amide bonds. The van der Waals surface area contributed by atoms with Gasteiger partial charge in [-0.15, -0.1) is 0 Å². The van der Waals surface area contributed by atoms with Gasteiger partial charge in [0.1, 0.15) is 12.3 Å². The highest BCUT2D eigenvalue weighted by Crippen LogP contribution is 2.33. The molecule has 0 bridgehead atoms. The normalized spacial score (nSPS) is 13.4. The predicted molar refractivity (Wildman–Crippen MR) is 147 cm³/mol. The van der Waals surface area contributed by atoms with Crippen molar-refractivity contribution in [1.82, 2.24) is 5.32 Å². The summed E-state index contributed by atoms with van der Waals surface area (Å²) in [4.78, 5) is 13.2. The highest BCUT2D eigenvalue weighted by Gasteiger charge is 2.29. The zero-order valence-electron chi connectivity index (χ0n) is 22.2. The first-order valence-corrected chi connectivity index (χ1v) is 14.1. The number of carbonyl (C=O) groups excluding carboxylic acids is 1. The fraction of sp³-hybridized carbons (Fsp3) is 0.345. The van der Waals surface area contributed by atoms with E-state index >= 15 is 0 Å². The number of carbonyl (C=O) groups is 1. The number of amides is 1. The summed E-state index contributed by atoms with van der Waals surface area (Å²) in [7, 11) is -1.23. The minimum absolute atomic E-state index is 0.0245. The molecule has 1 aliphatic carbocycles. The van der Waals surface area contributed by atoms with Crippen LogP contribution >= 0.6 is 0 Å². The van der Waals surface area contributed by atoms with Gasteiger partial charge < -0.3 is 19.5 Å². The van der Waals surface area contributed by atoms with E-state index in [4.69, 9.17) is 14.2 Å². The van der Waals surface area contributed by atoms with E-state index in [1.807, 2.05) is 19.9 Å². The van der Waals surface area contributed by atoms with Crippen molar-refractivity contribution in [1.29, 1.82) is 0 Å². The average Bonchev–Trinajstić information content (AvgIpc) is 3.40. The van der Waals surface area contributed by atoms with Crippen molar-refractivity contribution in [2.75, 3.05) is 31.7 Å². The van der Waals surface area contributed by atoms with Crippen LogP contribution in [0.5, 0.6) is 17.2 Å². The van der Waals surface area contributed by atoms with Crippen molar-refractivity contribution >= 4 is 21.6 Å². The number of nitrogens with one attached hydrogen (secondary N) is 1. The number of hydrogen-bond acceptors (Lipinski definition) is 6. The summed E-state index contributed by atoms with van der Waals surface area (Å²) < 4.78 is 44.9. The number of aryl methyl sites for hydroxylation is 2. The topological polar surface area (TPSA) is 94.2 Å². The van der Waals surface area contributed by atoms with Crippen LogP contribution in [0.4, 0.5) is 5.69 Å². The predicted octanol–water partition coefficient (Wildman–Crippen LogP) is 4.66. The van der Waals surface area contributed by atoms with Crippen molar-refractivity contribution in [3.05, 3.63) is 77.4 Å². The summed E-state index contributed by atoms with van der Waals surface area (Å²) in [6, 6.07) is 17.0. The molecular weight excluding hydrogens is 504 g/mol. The molecule has 0 saturated carbocycles. The highest BCUT2D eigenvalue weighted by atomic mass is 32.2. The lowest BCUT2D eigenvalue weighted by Gasteiger charge is -2.26. The SMILES string of the molecule is CCOc1ccc(N(CC(=O)N[C@H](C)c2ccc3c(c2)CCC3)S(=O)(=O)c2ccc(OC)c(OC)c2)cc1. The Morgan fingerprint density at radius 1 is 0.947 bits per heavy atom. The molecule has 0 fully saturated rings. The third-order valence-electron chi connectivity index (χ3n) is 6.67. The van der Waals surface area contributed by atoms with Crippen molar-refractivity contribution in [2.24, 2.45) is 0 Å². The Hall–Kier alpha value is -3.72. The Labute approximate surface area is 224 Å². The first kappa shape index (κ1) is 27.3. The average molecular weight is 539 g/mol. The third kappa shape index (κ3) is 5.88. The number of nitrogens with zero attached hydrogens (tertiary/aromatic N) is 1. The summed E-state index contributed by atoms with van der Waals surface area (Å²) in [6.45, 7) is 3.85. The lowest BCUT2D eigenvalue weighted by atomic mass is 10.0. The standard InChI is InChI=1S/C29H34N2O6S/c1-5-37-25-13-11-24(12-14-25)31(38(33,34)26-15-16-27(35-3)28(18-26)36-4)19-29(32)30-20(2)22-10-9-21-7-6-8-23(21)17-22/h9-18,20H,5-8,19H2,1-4H3,(H,30,32)/t20-/m1/s1. The number of sulfonamides is 1. The number of fused-ring (bicyclic) bond motifs is 1. The van der Waals surface area contributed by atoms with Gasteiger partial charge >= 0.3 is 0 Å². The van der Waals surface area contributed by atoms with Crippen molar-refractivity contribution in [2.45, 2.75) is 44.0 Å². The number of benzene rings is 3. The van der Waals surface area contributed by atoms with E-state index in [0.717, 1.165) is 29.1 Å². The van der Waals surface area contributed by atoms with Crippen molar-refractivity contribution < 1.29 is 27.4 Å². The molecule has 1 N–H and O–H groups in total. The molecule has 0 radical (unpaired) electrons. The Morgan fingerprint density at radius 3 is 2.34 bits per heavy atom. The van der Waals surface area contributed by atoms with Crippen LogP contribution in [0, 0.1) is 0 Å². The molecule has 0 saturated heterocycles. The molecule has 4 rings (SSSR count). The summed E-state index contributed by atoms with van der Waals surface area (Å²) in [6.07, 6.45) is 3.27. The lowest BCUT2D eigenvalue weighted by molar-refractivity contribution is -0.120. The smallest absolute Gasteiger partial charge is 0.264 e. The first-order valence-electron chi connectivity index (χ1n) is 12.7. The zero-order chi connectivity index (χ0) is 27.3. The Balaban J connectivity index is 1.62. The molecule has 1 aliphatic rings. The van der Waals surface area contributed by atoms with Gasteiger partial charge in [0.2, 0.25) is 5.91 Å². The largest absolute Gasteiger partial charge is 0.494 e. The zero-order valence-corrected chi connectivity index (χ0v) is 23.0. The third-order valence-corrected chi connectivity index (χ3v) is 8.44. The molecule has 3 aromatic rings. The molecule has 8 nitrogen and oxygen atoms in total. The van der Waals surface area contributed by atoms with Crippen molar-refractivity contribution in [3.63, 3.8) is 0 Å². The van der Waals surface area contributed by atoms with Crippen molar-refractivity contribution in [3.8, 4) is 17.2 Å². The van der Waals surface area contributed by atoms with Gasteiger partial charge in [0.05, 0.1) is 37.5 Å². The molecule has 0 aliphatic heterocycles. The molecule has 1 atom stereocenters. The summed E-state index contributed by atoms with van der Waals surface area (Å²) >= 11 is 0. The number of anilines is 1. The van der Waals surface area contributed by atoms with Crippen LogP contribution in [0.1, 0.15) is 43.0 Å². The van der Waals surface area contributed by atoms with Gasteiger partial charge in [-0.05, 0) is 86.2 Å². The van der Waals surface area contributed by atoms with Gasteiger partial charge in [0.25, 0.3) is 10.0 Å². The maximum Gasteiger partial charge on any atom is 0.264 e. The summed E-state index contributed by atoms with van der Waals surface area (Å²) in [5.41, 5.74) is 4.00. The molecule has 3 aromatic carbocycles. The van der Waals surface area contributed by atoms with E-state index in [-0.39, 0.29) is 16.7 Å². The molecule has 0 unspecified atom stereocenters. The van der Waals surface area contributed by atoms with Crippen LogP contribution in [0.25, 0.3) is 0 Å². The van der Waals surface area contributed by atoms with Crippen LogP contribution in [-0.4, -0.2) is 41.7 Å². The van der Waals surface area contributed by atoms with Crippen LogP contribution in [-0.2, 0) is 27.7 Å². The number of methoxy groups -OCH3 is 2. The maximum atomic E-state index is 13.8. The van der Waals surface area contributed by atoms with Gasteiger partial charge in [0, 0.05) is 6.07 Å². The molecular formula is C29H34N2O6S. The molecule has 9 heteroatoms. The van der Waals surface area contributed by atoms with E-state index in [1.165, 1.54) is 43.5 Å². The Kier molecular flexibility index (Phi) is 8.46. The minimum Gasteiger partial charge on any atom is -0.494 e. The van der Waals surface area contributed by atoms with E-state index < -0.39 is 22.5 Å². The van der Waals surface area contributed by atoms with Gasteiger partial charge in [-0.3, -0.25) is 9.10 Å². The van der Waals surface area contributed by atoms with Gasteiger partial charge in [-0.25, -0.2) is 8.42 Å². The quantitative estimate of drug-likeness (QED) is 0.382. The maximum absolute atomic E-state index is 13.8. The highest BCUT2D eigenvalue weighted by molar-refractivity contribution is 7.92. The van der Waals surface area contributed by atoms with E-state index in [2.05, 4.69) is 17.4 Å². The lowest BCUT2D eigenvalue weighted by Crippen LogP contribution is -2.41. The monoisotopic (exact) mass is 538 g/mol. The van der Waals surface area contributed by atoms with E-state index in [0.29, 0.717) is 23.8 Å². The summed E-state index contributed by atoms with van der Waals surface area (Å²) in [5, 5.41) is 2.97. The first-order chi connectivity index (χ1) is 18.3. The van der Waals surface area contributed by atoms with Gasteiger partial charge in [-0.2, -0.15) is 0 Å². The second-order valence-electron chi connectivity index (χ2n) is 9.13. The van der Waals surface area contributed by atoms with E-state index in [1.54, 1.807) is 24.3 Å². The number of ether oxygens (including phenoxy) is 3. The Bertz CT molecular complexity index is 1390. The second kappa shape index (κ2) is 11.8. The second-order valence-corrected chi connectivity index (χ2v) is 11.0. The van der Waals surface area contributed by atoms with Crippen LogP contribution in [0.2, 0.25) is 0 Å². The molecule has 0 aromatic heterocycles.